The van der Waals surface area contributed by atoms with Crippen molar-refractivity contribution in [3.8, 4) is 89.0 Å². The first-order valence-electron chi connectivity index (χ1n) is 44.6. The molecule has 0 bridgehead atoms. The molecule has 0 atom stereocenters. The van der Waals surface area contributed by atoms with Crippen molar-refractivity contribution >= 4 is 166 Å². The van der Waals surface area contributed by atoms with Crippen LogP contribution in [0.3, 0.4) is 0 Å². The quantitative estimate of drug-likeness (QED) is 0.113. The molecule has 27 rings (SSSR count). The van der Waals surface area contributed by atoms with E-state index in [4.69, 9.17) is 26.5 Å². The molecule has 0 radical (unpaired) electrons. The number of hydrogen-bond acceptors (Lipinski definition) is 8. The van der Waals surface area contributed by atoms with Crippen LogP contribution >= 0.6 is 0 Å². The first-order valence-corrected chi connectivity index (χ1v) is 44.6. The SMILES string of the molecule is CC1(C)c2cc(-c3cccc4c3oc3ccccc34)ccc2-c2ccc(N(c3ccc(-c4cccc5c4oc4ccccc45)cc3)c3ccc(-c4cccc5c4oc4ccccc45)cc3)cc21.c1ccc2c(c1)oc1c(-c3ccc(-c4ccc(N(c5ccc(-c6cccc7c6oc6ccccc67)cc5)c5ccc(-c6cccc7c6oc6ccccc67)cc5)cc4)cc3)cccc12. The lowest BCUT2D eigenvalue weighted by atomic mass is 9.81. The smallest absolute Gasteiger partial charge is 0.143 e. The van der Waals surface area contributed by atoms with Gasteiger partial charge in [0.2, 0.25) is 0 Å². The summed E-state index contributed by atoms with van der Waals surface area (Å²) in [7, 11) is 0. The minimum absolute atomic E-state index is 0.269. The van der Waals surface area contributed by atoms with Gasteiger partial charge in [-0.25, -0.2) is 0 Å². The fourth-order valence-electron chi connectivity index (χ4n) is 20.6. The fraction of sp³-hybridized carbons (Fsp3) is 0.0244. The Morgan fingerprint density at radius 1 is 0.153 bits per heavy atom. The number of nitrogens with zero attached hydrogens (tertiary/aromatic N) is 2. The molecule has 1 aliphatic rings. The highest BCUT2D eigenvalue weighted by molar-refractivity contribution is 6.16. The Morgan fingerprint density at radius 2 is 0.344 bits per heavy atom. The van der Waals surface area contributed by atoms with E-state index in [1.807, 2.05) is 66.7 Å². The maximum Gasteiger partial charge on any atom is 0.143 e. The van der Waals surface area contributed by atoms with E-state index in [-0.39, 0.29) is 5.41 Å². The highest BCUT2D eigenvalue weighted by Crippen LogP contribution is 2.54. The van der Waals surface area contributed by atoms with Crippen molar-refractivity contribution in [2.45, 2.75) is 19.3 Å². The highest BCUT2D eigenvalue weighted by atomic mass is 16.3. The minimum Gasteiger partial charge on any atom is -0.455 e. The fourth-order valence-corrected chi connectivity index (χ4v) is 20.6. The number of furan rings is 6. The van der Waals surface area contributed by atoms with Gasteiger partial charge in [0.15, 0.2) is 0 Å². The molecule has 20 aromatic carbocycles. The second kappa shape index (κ2) is 30.0. The Balaban J connectivity index is 0.000000138. The summed E-state index contributed by atoms with van der Waals surface area (Å²) in [5.74, 6) is 0. The van der Waals surface area contributed by atoms with Gasteiger partial charge in [0.05, 0.1) is 0 Å². The predicted octanol–water partition coefficient (Wildman–Crippen LogP) is 35.7. The number of benzene rings is 20. The third-order valence-corrected chi connectivity index (χ3v) is 27.1. The molecule has 0 spiro atoms. The Bertz CT molecular complexity index is 8740. The van der Waals surface area contributed by atoms with Gasteiger partial charge in [-0.1, -0.05) is 335 Å². The average Bonchev–Trinajstić information content (AvgIpc) is 1.57. The van der Waals surface area contributed by atoms with Gasteiger partial charge in [-0.3, -0.25) is 0 Å². The van der Waals surface area contributed by atoms with Crippen LogP contribution in [0.2, 0.25) is 0 Å². The summed E-state index contributed by atoms with van der Waals surface area (Å²) in [4.78, 5) is 4.70. The third-order valence-electron chi connectivity index (χ3n) is 27.1. The van der Waals surface area contributed by atoms with Crippen molar-refractivity contribution in [3.63, 3.8) is 0 Å². The molecule has 0 fully saturated rings. The normalized spacial score (nSPS) is 12.4. The van der Waals surface area contributed by atoms with E-state index in [2.05, 4.69) is 394 Å². The van der Waals surface area contributed by atoms with Gasteiger partial charge in [-0.15, -0.1) is 0 Å². The zero-order chi connectivity index (χ0) is 86.5. The van der Waals surface area contributed by atoms with Gasteiger partial charge >= 0.3 is 0 Å². The molecule has 8 nitrogen and oxygen atoms in total. The third kappa shape index (κ3) is 12.4. The second-order valence-electron chi connectivity index (χ2n) is 34.8. The van der Waals surface area contributed by atoms with Crippen LogP contribution in [0.25, 0.3) is 221 Å². The van der Waals surface area contributed by atoms with Crippen molar-refractivity contribution in [1.82, 2.24) is 0 Å². The Morgan fingerprint density at radius 3 is 0.618 bits per heavy atom. The number of rotatable bonds is 13. The largest absolute Gasteiger partial charge is 0.455 e. The summed E-state index contributed by atoms with van der Waals surface area (Å²) < 4.78 is 38.7. The second-order valence-corrected chi connectivity index (χ2v) is 34.8. The molecule has 0 saturated carbocycles. The Hall–Kier alpha value is -17.2. The van der Waals surface area contributed by atoms with Crippen molar-refractivity contribution in [1.29, 1.82) is 0 Å². The molecule has 0 aliphatic heterocycles. The molecule has 0 N–H and O–H groups in total. The van der Waals surface area contributed by atoms with Gasteiger partial charge in [0.1, 0.15) is 67.0 Å². The molecule has 1 aliphatic carbocycles. The highest BCUT2D eigenvalue weighted by Gasteiger charge is 2.37. The maximum absolute atomic E-state index is 6.51. The van der Waals surface area contributed by atoms with E-state index in [1.165, 1.54) is 22.3 Å². The molecule has 616 valence electrons. The maximum atomic E-state index is 6.51. The average molecular weight is 1680 g/mol. The molecule has 0 saturated heterocycles. The lowest BCUT2D eigenvalue weighted by Gasteiger charge is -2.28. The number of anilines is 6. The molecule has 0 amide bonds. The summed E-state index contributed by atoms with van der Waals surface area (Å²) >= 11 is 0. The summed E-state index contributed by atoms with van der Waals surface area (Å²) in [6.45, 7) is 4.72. The van der Waals surface area contributed by atoms with Crippen LogP contribution in [0.1, 0.15) is 25.0 Å². The number of fused-ring (bicyclic) bond motifs is 21. The summed E-state index contributed by atoms with van der Waals surface area (Å²) in [5, 5.41) is 13.5. The van der Waals surface area contributed by atoms with E-state index in [1.54, 1.807) is 0 Å². The van der Waals surface area contributed by atoms with Gasteiger partial charge in [-0.05, 0) is 182 Å². The molecule has 6 aromatic heterocycles. The molecule has 0 unspecified atom stereocenters. The number of para-hydroxylation sites is 12. The van der Waals surface area contributed by atoms with Crippen molar-refractivity contribution in [2.24, 2.45) is 0 Å². The zero-order valence-corrected chi connectivity index (χ0v) is 71.4. The van der Waals surface area contributed by atoms with Crippen LogP contribution in [0, 0.1) is 0 Å². The van der Waals surface area contributed by atoms with Crippen LogP contribution in [0.15, 0.2) is 463 Å². The summed E-state index contributed by atoms with van der Waals surface area (Å²) in [6.07, 6.45) is 0. The van der Waals surface area contributed by atoms with Crippen molar-refractivity contribution in [2.75, 3.05) is 9.80 Å². The monoisotopic (exact) mass is 1680 g/mol. The van der Waals surface area contributed by atoms with E-state index in [0.29, 0.717) is 0 Å². The van der Waals surface area contributed by atoms with Crippen LogP contribution in [-0.4, -0.2) is 0 Å². The van der Waals surface area contributed by atoms with Gasteiger partial charge in [0.25, 0.3) is 0 Å². The summed E-state index contributed by atoms with van der Waals surface area (Å²) in [5.41, 5.74) is 37.5. The Labute approximate surface area is 753 Å². The van der Waals surface area contributed by atoms with Crippen LogP contribution in [0.5, 0.6) is 0 Å². The Kier molecular flexibility index (Phi) is 17.2. The van der Waals surface area contributed by atoms with Gasteiger partial charge < -0.3 is 36.3 Å². The minimum atomic E-state index is -0.269. The first kappa shape index (κ1) is 75.2. The topological polar surface area (TPSA) is 85.3 Å². The van der Waals surface area contributed by atoms with Crippen LogP contribution in [0.4, 0.5) is 34.1 Å². The number of hydrogen-bond donors (Lipinski definition) is 0. The van der Waals surface area contributed by atoms with Crippen molar-refractivity contribution < 1.29 is 26.5 Å². The summed E-state index contributed by atoms with van der Waals surface area (Å²) in [6, 6.07) is 155. The van der Waals surface area contributed by atoms with Crippen molar-refractivity contribution in [3.05, 3.63) is 448 Å². The molecular weight excluding hydrogens is 1600 g/mol. The molecule has 6 heterocycles. The standard InChI is InChI=1S/C63H41NO3.C60H37NO3/c1-63(2)55-36-40(46-17-11-20-54-51-14-5-8-23-59(51)67-62(46)54)28-34-47(55)48-35-33-43(37-56(48)63)64(41-29-24-38(25-30-41)44-15-9-18-52-49-12-3-6-21-57(49)65-60(44)52)42-31-26-39(27-32-42)45-16-10-19-53-50-13-4-7-22-58(50)66-61(45)53;1-4-19-55-49(10-1)52-16-7-13-46(58(52)62-55)40-24-22-38(23-25-40)39-26-32-43(33-27-39)61(44-34-28-41(29-35-44)47-14-8-17-53-50-11-2-5-20-56(50)63-59(47)53)45-36-30-42(31-37-45)48-15-9-18-54-51-12-3-6-21-57(51)64-60(48)54/h3-37H,1-2H3;1-37H. The molecular formula is C123H78N2O6. The van der Waals surface area contributed by atoms with Gasteiger partial charge in [-0.2, -0.15) is 0 Å². The van der Waals surface area contributed by atoms with E-state index in [9.17, 15) is 0 Å². The molecule has 8 heteroatoms. The molecule has 26 aromatic rings. The zero-order valence-electron chi connectivity index (χ0n) is 71.4. The van der Waals surface area contributed by atoms with Crippen LogP contribution < -0.4 is 9.80 Å². The van der Waals surface area contributed by atoms with Gasteiger partial charge in [0, 0.05) is 138 Å². The lowest BCUT2D eigenvalue weighted by Crippen LogP contribution is -2.16. The van der Waals surface area contributed by atoms with E-state index >= 15 is 0 Å². The van der Waals surface area contributed by atoms with Crippen LogP contribution in [-0.2, 0) is 5.41 Å². The predicted molar refractivity (Wildman–Crippen MR) is 542 cm³/mol. The van der Waals surface area contributed by atoms with E-state index in [0.717, 1.165) is 244 Å². The van der Waals surface area contributed by atoms with E-state index < -0.39 is 0 Å². The lowest BCUT2D eigenvalue weighted by molar-refractivity contribution is 0.660. The first-order chi connectivity index (χ1) is 64.7. The molecule has 131 heavy (non-hydrogen) atoms.